The highest BCUT2D eigenvalue weighted by atomic mass is 19.4. The summed E-state index contributed by atoms with van der Waals surface area (Å²) in [7, 11) is 0. The fraction of sp³-hybridized carbons (Fsp3) is 0.476. The maximum Gasteiger partial charge on any atom is 0.416 e. The molecule has 1 saturated carbocycles. The molecule has 3 heterocycles. The molecule has 2 aromatic heterocycles. The molecule has 3 aromatic rings. The summed E-state index contributed by atoms with van der Waals surface area (Å²) in [5.74, 6) is 0.884. The minimum atomic E-state index is -4.58. The number of hydrogen-bond acceptors (Lipinski definition) is 6. The highest BCUT2D eigenvalue weighted by Gasteiger charge is 2.32. The van der Waals surface area contributed by atoms with Crippen molar-refractivity contribution in [2.24, 2.45) is 0 Å². The zero-order valence-corrected chi connectivity index (χ0v) is 17.2. The van der Waals surface area contributed by atoms with E-state index in [1.54, 1.807) is 6.20 Å². The van der Waals surface area contributed by atoms with Gasteiger partial charge in [0.15, 0.2) is 5.65 Å². The predicted molar refractivity (Wildman–Crippen MR) is 113 cm³/mol. The second-order valence-electron chi connectivity index (χ2n) is 8.28. The van der Waals surface area contributed by atoms with Crippen molar-refractivity contribution in [3.05, 3.63) is 35.5 Å². The number of hydrogen-bond donors (Lipinski definition) is 3. The number of rotatable bonds is 6. The summed E-state index contributed by atoms with van der Waals surface area (Å²) < 4.78 is 55.1. The SMILES string of the molecule is FCc1cc(Nc2nc3cnc(NC4CC4)nc3n2C2CCNCC2)cc(C(F)(F)F)c1. The molecule has 0 spiro atoms. The number of imidazole rings is 1. The second-order valence-corrected chi connectivity index (χ2v) is 8.28. The van der Waals surface area contributed by atoms with Gasteiger partial charge in [-0.2, -0.15) is 18.2 Å². The molecule has 1 aromatic carbocycles. The van der Waals surface area contributed by atoms with Gasteiger partial charge in [0.1, 0.15) is 12.2 Å². The largest absolute Gasteiger partial charge is 0.416 e. The summed E-state index contributed by atoms with van der Waals surface area (Å²) in [6.07, 6.45) is 0.852. The number of alkyl halides is 4. The van der Waals surface area contributed by atoms with Crippen LogP contribution in [0.3, 0.4) is 0 Å². The van der Waals surface area contributed by atoms with Crippen LogP contribution in [-0.4, -0.2) is 38.7 Å². The van der Waals surface area contributed by atoms with E-state index in [-0.39, 0.29) is 17.3 Å². The van der Waals surface area contributed by atoms with Gasteiger partial charge in [0.2, 0.25) is 11.9 Å². The lowest BCUT2D eigenvalue weighted by Crippen LogP contribution is -2.30. The van der Waals surface area contributed by atoms with E-state index in [1.807, 2.05) is 4.57 Å². The number of aromatic nitrogens is 4. The summed E-state index contributed by atoms with van der Waals surface area (Å²) in [5, 5.41) is 9.58. The second kappa shape index (κ2) is 8.19. The first-order chi connectivity index (χ1) is 15.4. The molecular formula is C21H23F4N7. The van der Waals surface area contributed by atoms with Crippen LogP contribution in [0, 0.1) is 0 Å². The lowest BCUT2D eigenvalue weighted by Gasteiger charge is -2.26. The van der Waals surface area contributed by atoms with E-state index in [0.717, 1.165) is 50.9 Å². The van der Waals surface area contributed by atoms with E-state index in [1.165, 1.54) is 6.07 Å². The maximum atomic E-state index is 13.3. The third-order valence-corrected chi connectivity index (χ3v) is 5.75. The van der Waals surface area contributed by atoms with Crippen LogP contribution in [0.15, 0.2) is 24.4 Å². The van der Waals surface area contributed by atoms with E-state index in [4.69, 9.17) is 0 Å². The number of benzene rings is 1. The molecule has 2 fully saturated rings. The van der Waals surface area contributed by atoms with Crippen molar-refractivity contribution in [3.8, 4) is 0 Å². The van der Waals surface area contributed by atoms with Crippen molar-refractivity contribution in [2.45, 2.75) is 50.6 Å². The van der Waals surface area contributed by atoms with Crippen LogP contribution >= 0.6 is 0 Å². The summed E-state index contributed by atoms with van der Waals surface area (Å²) in [6, 6.07) is 3.61. The van der Waals surface area contributed by atoms with Crippen LogP contribution < -0.4 is 16.0 Å². The normalized spacial score (nSPS) is 17.6. The highest BCUT2D eigenvalue weighted by Crippen LogP contribution is 2.35. The van der Waals surface area contributed by atoms with Crippen LogP contribution in [-0.2, 0) is 12.9 Å². The van der Waals surface area contributed by atoms with E-state index < -0.39 is 18.4 Å². The maximum absolute atomic E-state index is 13.3. The summed E-state index contributed by atoms with van der Waals surface area (Å²) in [4.78, 5) is 13.6. The Bertz CT molecular complexity index is 1120. The fourth-order valence-corrected chi connectivity index (χ4v) is 4.00. The van der Waals surface area contributed by atoms with Gasteiger partial charge < -0.3 is 16.0 Å². The average molecular weight is 449 g/mol. The quantitative estimate of drug-likeness (QED) is 0.479. The summed E-state index contributed by atoms with van der Waals surface area (Å²) in [6.45, 7) is 0.639. The Morgan fingerprint density at radius 1 is 1.06 bits per heavy atom. The molecule has 1 aliphatic carbocycles. The Morgan fingerprint density at radius 3 is 2.53 bits per heavy atom. The van der Waals surface area contributed by atoms with Gasteiger partial charge in [0.25, 0.3) is 0 Å². The molecule has 0 atom stereocenters. The van der Waals surface area contributed by atoms with Crippen LogP contribution in [0.5, 0.6) is 0 Å². The lowest BCUT2D eigenvalue weighted by atomic mass is 10.1. The smallest absolute Gasteiger partial charge is 0.351 e. The number of nitrogens with zero attached hydrogens (tertiary/aromatic N) is 4. The van der Waals surface area contributed by atoms with Crippen molar-refractivity contribution in [1.82, 2.24) is 24.8 Å². The van der Waals surface area contributed by atoms with E-state index in [0.29, 0.717) is 29.1 Å². The topological polar surface area (TPSA) is 79.7 Å². The molecule has 2 aliphatic rings. The third-order valence-electron chi connectivity index (χ3n) is 5.75. The first-order valence-electron chi connectivity index (χ1n) is 10.7. The number of anilines is 3. The molecule has 0 amide bonds. The number of fused-ring (bicyclic) bond motifs is 1. The zero-order chi connectivity index (χ0) is 22.3. The van der Waals surface area contributed by atoms with Gasteiger partial charge in [-0.15, -0.1) is 0 Å². The predicted octanol–water partition coefficient (Wildman–Crippen LogP) is 4.56. The van der Waals surface area contributed by atoms with Crippen LogP contribution in [0.4, 0.5) is 35.1 Å². The molecule has 32 heavy (non-hydrogen) atoms. The Kier molecular flexibility index (Phi) is 5.36. The molecule has 0 radical (unpaired) electrons. The average Bonchev–Trinajstić information content (AvgIpc) is 3.52. The van der Waals surface area contributed by atoms with Gasteiger partial charge in [-0.05, 0) is 62.5 Å². The van der Waals surface area contributed by atoms with Gasteiger partial charge in [-0.1, -0.05) is 0 Å². The van der Waals surface area contributed by atoms with Crippen molar-refractivity contribution in [3.63, 3.8) is 0 Å². The molecule has 1 aliphatic heterocycles. The van der Waals surface area contributed by atoms with Gasteiger partial charge in [-0.3, -0.25) is 4.57 Å². The number of halogens is 4. The molecule has 11 heteroatoms. The summed E-state index contributed by atoms with van der Waals surface area (Å²) in [5.41, 5.74) is 0.334. The molecule has 0 bridgehead atoms. The molecule has 3 N–H and O–H groups in total. The molecule has 7 nitrogen and oxygen atoms in total. The van der Waals surface area contributed by atoms with E-state index in [9.17, 15) is 17.6 Å². The standard InChI is InChI=1S/C21H23F4N7/c22-10-12-7-13(21(23,24)25)9-15(8-12)29-20-30-17-11-27-19(28-14-1-2-14)31-18(17)32(20)16-3-5-26-6-4-16/h7-9,11,14,16,26H,1-6,10H2,(H,29,30)(H,27,28,31). The highest BCUT2D eigenvalue weighted by molar-refractivity contribution is 5.77. The van der Waals surface area contributed by atoms with Gasteiger partial charge in [-0.25, -0.2) is 14.4 Å². The molecule has 0 unspecified atom stereocenters. The van der Waals surface area contributed by atoms with E-state index >= 15 is 0 Å². The Balaban J connectivity index is 1.57. The Morgan fingerprint density at radius 2 is 1.84 bits per heavy atom. The molecule has 5 rings (SSSR count). The fourth-order valence-electron chi connectivity index (χ4n) is 4.00. The van der Waals surface area contributed by atoms with Crippen LogP contribution in [0.25, 0.3) is 11.2 Å². The van der Waals surface area contributed by atoms with Crippen molar-refractivity contribution in [2.75, 3.05) is 23.7 Å². The van der Waals surface area contributed by atoms with E-state index in [2.05, 4.69) is 30.9 Å². The Hall–Kier alpha value is -2.95. The minimum Gasteiger partial charge on any atom is -0.351 e. The Labute approximate surface area is 181 Å². The van der Waals surface area contributed by atoms with Gasteiger partial charge >= 0.3 is 6.18 Å². The van der Waals surface area contributed by atoms with Crippen molar-refractivity contribution < 1.29 is 17.6 Å². The molecular weight excluding hydrogens is 426 g/mol. The third kappa shape index (κ3) is 4.34. The number of nitrogens with one attached hydrogen (secondary N) is 3. The first-order valence-corrected chi connectivity index (χ1v) is 10.7. The zero-order valence-electron chi connectivity index (χ0n) is 17.2. The monoisotopic (exact) mass is 449 g/mol. The van der Waals surface area contributed by atoms with Crippen LogP contribution in [0.1, 0.15) is 42.9 Å². The van der Waals surface area contributed by atoms with Gasteiger partial charge in [0, 0.05) is 17.8 Å². The number of piperidine rings is 1. The van der Waals surface area contributed by atoms with Crippen molar-refractivity contribution >= 4 is 28.7 Å². The minimum absolute atomic E-state index is 0.0532. The first kappa shape index (κ1) is 20.9. The van der Waals surface area contributed by atoms with Gasteiger partial charge in [0.05, 0.1) is 11.8 Å². The lowest BCUT2D eigenvalue weighted by molar-refractivity contribution is -0.137. The molecule has 170 valence electrons. The van der Waals surface area contributed by atoms with Crippen LogP contribution in [0.2, 0.25) is 0 Å². The summed E-state index contributed by atoms with van der Waals surface area (Å²) >= 11 is 0. The van der Waals surface area contributed by atoms with Crippen molar-refractivity contribution in [1.29, 1.82) is 0 Å². The molecule has 1 saturated heterocycles.